The third-order valence-electron chi connectivity index (χ3n) is 6.57. The molecular weight excluding hydrogens is 503 g/mol. The van der Waals surface area contributed by atoms with Gasteiger partial charge in [-0.05, 0) is 37.1 Å². The first-order valence-corrected chi connectivity index (χ1v) is 13.2. The lowest BCUT2D eigenvalue weighted by Crippen LogP contribution is -2.38. The molecule has 10 heteroatoms. The Morgan fingerprint density at radius 1 is 1.06 bits per heavy atom. The fourth-order valence-electron chi connectivity index (χ4n) is 4.61. The van der Waals surface area contributed by atoms with Crippen molar-refractivity contribution in [2.75, 3.05) is 49.6 Å². The summed E-state index contributed by atoms with van der Waals surface area (Å²) in [5.41, 5.74) is 2.01. The Morgan fingerprint density at radius 2 is 1.81 bits per heavy atom. The minimum atomic E-state index is -0.611. The molecule has 2 aliphatic rings. The first-order chi connectivity index (χ1) is 17.5. The lowest BCUT2D eigenvalue weighted by atomic mass is 9.97. The number of hydrogen-bond acceptors (Lipinski definition) is 6. The van der Waals surface area contributed by atoms with Gasteiger partial charge in [0.1, 0.15) is 11.5 Å². The van der Waals surface area contributed by atoms with Gasteiger partial charge in [-0.1, -0.05) is 29.8 Å². The molecule has 2 aromatic carbocycles. The third kappa shape index (κ3) is 5.23. The van der Waals surface area contributed by atoms with Crippen molar-refractivity contribution >= 4 is 46.1 Å². The van der Waals surface area contributed by atoms with E-state index in [0.717, 1.165) is 29.5 Å². The van der Waals surface area contributed by atoms with E-state index in [-0.39, 0.29) is 22.4 Å². The molecule has 7 nitrogen and oxygen atoms in total. The van der Waals surface area contributed by atoms with Crippen LogP contribution in [0.4, 0.5) is 15.8 Å². The molecule has 36 heavy (non-hydrogen) atoms. The molecule has 2 aliphatic heterocycles. The lowest BCUT2D eigenvalue weighted by molar-refractivity contribution is 0.0708. The maximum atomic E-state index is 14.2. The summed E-state index contributed by atoms with van der Waals surface area (Å²) in [6, 6.07) is 12.0. The summed E-state index contributed by atoms with van der Waals surface area (Å²) in [7, 11) is 0. The Labute approximate surface area is 217 Å². The average Bonchev–Trinajstić information content (AvgIpc) is 3.40. The summed E-state index contributed by atoms with van der Waals surface area (Å²) in [5.74, 6) is -1.12. The van der Waals surface area contributed by atoms with Gasteiger partial charge >= 0.3 is 0 Å². The standard InChI is InChI=1S/C26H26ClFN4O3S/c27-18-4-3-5-19(28)23(18)26(34)32-10-8-17(9-11-32)25-30-21(16-36-25)24(33)29-20-6-1-2-7-22(20)31-12-14-35-15-13-31/h1-7,16-17H,8-15H2,(H,29,33). The molecule has 188 valence electrons. The first-order valence-electron chi connectivity index (χ1n) is 11.9. The van der Waals surface area contributed by atoms with Crippen molar-refractivity contribution in [2.24, 2.45) is 0 Å². The normalized spacial score (nSPS) is 16.7. The van der Waals surface area contributed by atoms with Gasteiger partial charge < -0.3 is 19.9 Å². The number of nitrogens with one attached hydrogen (secondary N) is 1. The number of halogens is 2. The maximum Gasteiger partial charge on any atom is 0.275 e. The number of thiazole rings is 1. The van der Waals surface area contributed by atoms with E-state index in [1.807, 2.05) is 24.3 Å². The van der Waals surface area contributed by atoms with Gasteiger partial charge in [0.25, 0.3) is 11.8 Å². The third-order valence-corrected chi connectivity index (χ3v) is 7.89. The van der Waals surface area contributed by atoms with Gasteiger partial charge in [-0.15, -0.1) is 11.3 Å². The van der Waals surface area contributed by atoms with Crippen LogP contribution in [0, 0.1) is 5.82 Å². The molecule has 3 aromatic rings. The summed E-state index contributed by atoms with van der Waals surface area (Å²) >= 11 is 7.53. The summed E-state index contributed by atoms with van der Waals surface area (Å²) in [4.78, 5) is 34.3. The van der Waals surface area contributed by atoms with Gasteiger partial charge in [0.05, 0.1) is 40.2 Å². The number of para-hydroxylation sites is 2. The second-order valence-electron chi connectivity index (χ2n) is 8.80. The number of piperidine rings is 1. The number of carbonyl (C=O) groups excluding carboxylic acids is 2. The predicted octanol–water partition coefficient (Wildman–Crippen LogP) is 5.04. The van der Waals surface area contributed by atoms with E-state index >= 15 is 0 Å². The molecule has 0 spiro atoms. The second kappa shape index (κ2) is 10.9. The SMILES string of the molecule is O=C(Nc1ccccc1N1CCOCC1)c1csc(C2CCN(C(=O)c3c(F)cccc3Cl)CC2)n1. The molecule has 0 bridgehead atoms. The highest BCUT2D eigenvalue weighted by Gasteiger charge is 2.29. The Balaban J connectivity index is 1.21. The number of aromatic nitrogens is 1. The number of anilines is 2. The zero-order chi connectivity index (χ0) is 25.1. The van der Waals surface area contributed by atoms with Gasteiger partial charge in [-0.3, -0.25) is 9.59 Å². The van der Waals surface area contributed by atoms with Crippen LogP contribution in [0.5, 0.6) is 0 Å². The first kappa shape index (κ1) is 24.7. The van der Waals surface area contributed by atoms with E-state index in [1.165, 1.54) is 29.5 Å². The van der Waals surface area contributed by atoms with E-state index in [2.05, 4.69) is 15.2 Å². The maximum absolute atomic E-state index is 14.2. The Bertz CT molecular complexity index is 1240. The number of morpholine rings is 1. The quantitative estimate of drug-likeness (QED) is 0.502. The van der Waals surface area contributed by atoms with E-state index in [1.54, 1.807) is 10.3 Å². The molecule has 1 aromatic heterocycles. The molecule has 0 atom stereocenters. The van der Waals surface area contributed by atoms with Crippen molar-refractivity contribution in [1.29, 1.82) is 0 Å². The summed E-state index contributed by atoms with van der Waals surface area (Å²) in [6.07, 6.45) is 1.37. The van der Waals surface area contributed by atoms with Crippen LogP contribution in [0.15, 0.2) is 47.8 Å². The predicted molar refractivity (Wildman–Crippen MR) is 139 cm³/mol. The fraction of sp³-hybridized carbons (Fsp3) is 0.346. The highest BCUT2D eigenvalue weighted by atomic mass is 35.5. The minimum absolute atomic E-state index is 0.0804. The van der Waals surface area contributed by atoms with E-state index in [9.17, 15) is 14.0 Å². The minimum Gasteiger partial charge on any atom is -0.378 e. The second-order valence-corrected chi connectivity index (χ2v) is 10.1. The van der Waals surface area contributed by atoms with Crippen molar-refractivity contribution in [3.63, 3.8) is 0 Å². The Morgan fingerprint density at radius 3 is 2.56 bits per heavy atom. The van der Waals surface area contributed by atoms with Gasteiger partial charge in [-0.2, -0.15) is 0 Å². The molecule has 0 saturated carbocycles. The molecule has 3 heterocycles. The van der Waals surface area contributed by atoms with Crippen molar-refractivity contribution < 1.29 is 18.7 Å². The van der Waals surface area contributed by atoms with Crippen LogP contribution in [0.1, 0.15) is 44.6 Å². The van der Waals surface area contributed by atoms with Gasteiger partial charge in [-0.25, -0.2) is 9.37 Å². The molecular formula is C26H26ClFN4O3S. The lowest BCUT2D eigenvalue weighted by Gasteiger charge is -2.31. The van der Waals surface area contributed by atoms with Crippen molar-refractivity contribution in [1.82, 2.24) is 9.88 Å². The zero-order valence-electron chi connectivity index (χ0n) is 19.6. The van der Waals surface area contributed by atoms with Gasteiger partial charge in [0, 0.05) is 37.5 Å². The molecule has 1 N–H and O–H groups in total. The molecule has 2 fully saturated rings. The highest BCUT2D eigenvalue weighted by molar-refractivity contribution is 7.10. The van der Waals surface area contributed by atoms with Crippen LogP contribution < -0.4 is 10.2 Å². The van der Waals surface area contributed by atoms with Gasteiger partial charge in [0.2, 0.25) is 0 Å². The van der Waals surface area contributed by atoms with Crippen LogP contribution in [-0.2, 0) is 4.74 Å². The van der Waals surface area contributed by atoms with E-state index < -0.39 is 11.7 Å². The van der Waals surface area contributed by atoms with Crippen molar-refractivity contribution in [3.8, 4) is 0 Å². The monoisotopic (exact) mass is 528 g/mol. The number of rotatable bonds is 5. The fourth-order valence-corrected chi connectivity index (χ4v) is 5.83. The average molecular weight is 529 g/mol. The summed E-state index contributed by atoms with van der Waals surface area (Å²) < 4.78 is 19.6. The smallest absolute Gasteiger partial charge is 0.275 e. The molecule has 0 unspecified atom stereocenters. The molecule has 2 saturated heterocycles. The molecule has 0 aliphatic carbocycles. The summed E-state index contributed by atoms with van der Waals surface area (Å²) in [5, 5.41) is 5.78. The number of amides is 2. The Hall–Kier alpha value is -3.01. The Kier molecular flexibility index (Phi) is 7.50. The number of hydrogen-bond donors (Lipinski definition) is 1. The molecule has 0 radical (unpaired) electrons. The zero-order valence-corrected chi connectivity index (χ0v) is 21.2. The molecule has 5 rings (SSSR count). The van der Waals surface area contributed by atoms with Crippen molar-refractivity contribution in [2.45, 2.75) is 18.8 Å². The van der Waals surface area contributed by atoms with Crippen LogP contribution in [0.25, 0.3) is 0 Å². The van der Waals surface area contributed by atoms with E-state index in [4.69, 9.17) is 16.3 Å². The molecule has 2 amide bonds. The number of ether oxygens (including phenoxy) is 1. The number of carbonyl (C=O) groups is 2. The largest absolute Gasteiger partial charge is 0.378 e. The van der Waals surface area contributed by atoms with Crippen LogP contribution in [0.2, 0.25) is 5.02 Å². The van der Waals surface area contributed by atoms with Crippen LogP contribution in [-0.4, -0.2) is 61.1 Å². The van der Waals surface area contributed by atoms with Crippen LogP contribution in [0.3, 0.4) is 0 Å². The van der Waals surface area contributed by atoms with Crippen molar-refractivity contribution in [3.05, 3.63) is 74.9 Å². The topological polar surface area (TPSA) is 74.8 Å². The number of nitrogens with zero attached hydrogens (tertiary/aromatic N) is 3. The number of likely N-dealkylation sites (tertiary alicyclic amines) is 1. The van der Waals surface area contributed by atoms with Crippen LogP contribution >= 0.6 is 22.9 Å². The number of benzene rings is 2. The van der Waals surface area contributed by atoms with E-state index in [0.29, 0.717) is 44.8 Å². The van der Waals surface area contributed by atoms with Gasteiger partial charge in [0.15, 0.2) is 0 Å². The highest BCUT2D eigenvalue weighted by Crippen LogP contribution is 2.32. The summed E-state index contributed by atoms with van der Waals surface area (Å²) in [6.45, 7) is 3.82.